The van der Waals surface area contributed by atoms with Crippen molar-refractivity contribution in [1.29, 1.82) is 0 Å². The first kappa shape index (κ1) is 21.9. The highest BCUT2D eigenvalue weighted by atomic mass is 127. The van der Waals surface area contributed by atoms with Crippen LogP contribution in [0, 0.1) is 6.92 Å². The number of aryl methyl sites for hydroxylation is 1. The number of aliphatic imine (C=N–C) groups is 1. The van der Waals surface area contributed by atoms with E-state index in [2.05, 4.69) is 65.0 Å². The quantitative estimate of drug-likeness (QED) is 0.322. The molecule has 0 saturated carbocycles. The van der Waals surface area contributed by atoms with Crippen molar-refractivity contribution in [3.05, 3.63) is 71.3 Å². The van der Waals surface area contributed by atoms with Gasteiger partial charge in [-0.25, -0.2) is 4.98 Å². The van der Waals surface area contributed by atoms with Crippen LogP contribution in [-0.4, -0.2) is 32.1 Å². The van der Waals surface area contributed by atoms with E-state index in [0.717, 1.165) is 29.2 Å². The van der Waals surface area contributed by atoms with Gasteiger partial charge in [0.25, 0.3) is 0 Å². The number of fused-ring (bicyclic) bond motifs is 1. The van der Waals surface area contributed by atoms with Gasteiger partial charge in [-0.2, -0.15) is 0 Å². The SMILES string of the molecule is CN=C(NCc1cccc(C)c1)NCc1cc(N(C)C)nc2ccccc12.I. The van der Waals surface area contributed by atoms with Crippen molar-refractivity contribution in [2.75, 3.05) is 26.0 Å². The predicted molar refractivity (Wildman–Crippen MR) is 130 cm³/mol. The summed E-state index contributed by atoms with van der Waals surface area (Å²) in [5.41, 5.74) is 4.70. The summed E-state index contributed by atoms with van der Waals surface area (Å²) in [4.78, 5) is 11.1. The fraction of sp³-hybridized carbons (Fsp3) is 0.273. The molecule has 0 radical (unpaired) electrons. The van der Waals surface area contributed by atoms with Crippen LogP contribution in [0.3, 0.4) is 0 Å². The number of nitrogens with one attached hydrogen (secondary N) is 2. The van der Waals surface area contributed by atoms with Crippen LogP contribution in [0.2, 0.25) is 0 Å². The van der Waals surface area contributed by atoms with Crippen molar-refractivity contribution >= 4 is 46.7 Å². The maximum atomic E-state index is 4.72. The minimum absolute atomic E-state index is 0. The van der Waals surface area contributed by atoms with E-state index >= 15 is 0 Å². The molecule has 0 aliphatic carbocycles. The van der Waals surface area contributed by atoms with Crippen molar-refractivity contribution in [2.24, 2.45) is 4.99 Å². The highest BCUT2D eigenvalue weighted by Gasteiger charge is 2.08. The van der Waals surface area contributed by atoms with Crippen LogP contribution in [0.15, 0.2) is 59.6 Å². The number of guanidine groups is 1. The molecule has 1 aromatic heterocycles. The largest absolute Gasteiger partial charge is 0.363 e. The van der Waals surface area contributed by atoms with Crippen LogP contribution in [-0.2, 0) is 13.1 Å². The molecule has 0 unspecified atom stereocenters. The number of halogens is 1. The third-order valence-corrected chi connectivity index (χ3v) is 4.46. The predicted octanol–water partition coefficient (Wildman–Crippen LogP) is 4.09. The first-order valence-electron chi connectivity index (χ1n) is 9.13. The van der Waals surface area contributed by atoms with Crippen molar-refractivity contribution < 1.29 is 0 Å². The molecule has 2 aromatic carbocycles. The smallest absolute Gasteiger partial charge is 0.191 e. The summed E-state index contributed by atoms with van der Waals surface area (Å²) >= 11 is 0. The van der Waals surface area contributed by atoms with Gasteiger partial charge in [0.1, 0.15) is 5.82 Å². The molecule has 0 spiro atoms. The fourth-order valence-electron chi connectivity index (χ4n) is 3.01. The minimum atomic E-state index is 0. The highest BCUT2D eigenvalue weighted by molar-refractivity contribution is 14.0. The number of benzene rings is 2. The number of hydrogen-bond donors (Lipinski definition) is 2. The fourth-order valence-corrected chi connectivity index (χ4v) is 3.01. The number of rotatable bonds is 5. The second-order valence-corrected chi connectivity index (χ2v) is 6.82. The number of aromatic nitrogens is 1. The molecule has 28 heavy (non-hydrogen) atoms. The molecule has 3 rings (SSSR count). The van der Waals surface area contributed by atoms with E-state index in [4.69, 9.17) is 4.98 Å². The van der Waals surface area contributed by atoms with E-state index in [1.54, 1.807) is 7.05 Å². The third-order valence-electron chi connectivity index (χ3n) is 4.46. The average Bonchev–Trinajstić information content (AvgIpc) is 2.67. The molecule has 6 heteroatoms. The molecule has 0 aliphatic heterocycles. The van der Waals surface area contributed by atoms with Gasteiger partial charge in [0, 0.05) is 39.6 Å². The Bertz CT molecular complexity index is 953. The Morgan fingerprint density at radius 1 is 1.00 bits per heavy atom. The number of hydrogen-bond acceptors (Lipinski definition) is 3. The van der Waals surface area contributed by atoms with Gasteiger partial charge in [0.05, 0.1) is 5.52 Å². The van der Waals surface area contributed by atoms with Gasteiger partial charge in [-0.15, -0.1) is 24.0 Å². The van der Waals surface area contributed by atoms with Crippen LogP contribution in [0.1, 0.15) is 16.7 Å². The lowest BCUT2D eigenvalue weighted by Crippen LogP contribution is -2.36. The van der Waals surface area contributed by atoms with Gasteiger partial charge in [0.15, 0.2) is 5.96 Å². The van der Waals surface area contributed by atoms with Crippen LogP contribution in [0.5, 0.6) is 0 Å². The van der Waals surface area contributed by atoms with Crippen LogP contribution >= 0.6 is 24.0 Å². The molecule has 148 valence electrons. The topological polar surface area (TPSA) is 52.6 Å². The van der Waals surface area contributed by atoms with Crippen molar-refractivity contribution in [3.8, 4) is 0 Å². The zero-order chi connectivity index (χ0) is 19.2. The molecule has 3 aromatic rings. The molecule has 5 nitrogen and oxygen atoms in total. The van der Waals surface area contributed by atoms with Crippen molar-refractivity contribution in [2.45, 2.75) is 20.0 Å². The lowest BCUT2D eigenvalue weighted by molar-refractivity contribution is 0.810. The first-order chi connectivity index (χ1) is 13.1. The number of para-hydroxylation sites is 1. The summed E-state index contributed by atoms with van der Waals surface area (Å²) < 4.78 is 0. The molecule has 1 heterocycles. The van der Waals surface area contributed by atoms with E-state index in [1.165, 1.54) is 16.7 Å². The van der Waals surface area contributed by atoms with E-state index in [1.807, 2.05) is 31.1 Å². The normalized spacial score (nSPS) is 11.1. The van der Waals surface area contributed by atoms with E-state index in [-0.39, 0.29) is 24.0 Å². The molecule has 0 saturated heterocycles. The van der Waals surface area contributed by atoms with Gasteiger partial charge in [-0.3, -0.25) is 4.99 Å². The minimum Gasteiger partial charge on any atom is -0.363 e. The number of pyridine rings is 1. The molecule has 0 atom stereocenters. The van der Waals surface area contributed by atoms with Crippen molar-refractivity contribution in [3.63, 3.8) is 0 Å². The second-order valence-electron chi connectivity index (χ2n) is 6.82. The summed E-state index contributed by atoms with van der Waals surface area (Å²) in [6, 6.07) is 18.8. The van der Waals surface area contributed by atoms with Gasteiger partial charge in [0.2, 0.25) is 0 Å². The summed E-state index contributed by atoms with van der Waals surface area (Å²) in [7, 11) is 5.81. The lowest BCUT2D eigenvalue weighted by Gasteiger charge is -2.17. The Kier molecular flexibility index (Phi) is 8.04. The van der Waals surface area contributed by atoms with E-state index in [9.17, 15) is 0 Å². The molecular weight excluding hydrogens is 461 g/mol. The summed E-state index contributed by atoms with van der Waals surface area (Å²) in [5.74, 6) is 1.73. The zero-order valence-corrected chi connectivity index (χ0v) is 19.2. The maximum Gasteiger partial charge on any atom is 0.191 e. The van der Waals surface area contributed by atoms with Gasteiger partial charge < -0.3 is 15.5 Å². The standard InChI is InChI=1S/C22H27N5.HI/c1-16-8-7-9-17(12-16)14-24-22(23-2)25-15-18-13-21(27(3)4)26-20-11-6-5-10-19(18)20;/h5-13H,14-15H2,1-4H3,(H2,23,24,25);1H. The Labute approximate surface area is 184 Å². The van der Waals surface area contributed by atoms with Crippen LogP contribution in [0.25, 0.3) is 10.9 Å². The summed E-state index contributed by atoms with van der Waals surface area (Å²) in [5, 5.41) is 7.96. The Balaban J connectivity index is 0.00000280. The summed E-state index contributed by atoms with van der Waals surface area (Å²) in [6.07, 6.45) is 0. The lowest BCUT2D eigenvalue weighted by atomic mass is 10.1. The molecule has 0 aliphatic rings. The summed E-state index contributed by atoms with van der Waals surface area (Å²) in [6.45, 7) is 3.52. The Morgan fingerprint density at radius 2 is 1.75 bits per heavy atom. The van der Waals surface area contributed by atoms with Crippen LogP contribution < -0.4 is 15.5 Å². The molecule has 0 fully saturated rings. The molecular formula is C22H28IN5. The van der Waals surface area contributed by atoms with Crippen molar-refractivity contribution in [1.82, 2.24) is 15.6 Å². The molecule has 0 amide bonds. The van der Waals surface area contributed by atoms with Gasteiger partial charge in [-0.05, 0) is 30.2 Å². The maximum absolute atomic E-state index is 4.72. The Morgan fingerprint density at radius 3 is 2.46 bits per heavy atom. The van der Waals surface area contributed by atoms with Crippen LogP contribution in [0.4, 0.5) is 5.82 Å². The van der Waals surface area contributed by atoms with E-state index in [0.29, 0.717) is 6.54 Å². The van der Waals surface area contributed by atoms with Gasteiger partial charge >= 0.3 is 0 Å². The molecule has 2 N–H and O–H groups in total. The van der Waals surface area contributed by atoms with E-state index < -0.39 is 0 Å². The van der Waals surface area contributed by atoms with Gasteiger partial charge in [-0.1, -0.05) is 48.0 Å². The molecule has 0 bridgehead atoms. The monoisotopic (exact) mass is 489 g/mol. The zero-order valence-electron chi connectivity index (χ0n) is 16.9. The average molecular weight is 489 g/mol. The second kappa shape index (κ2) is 10.3. The third kappa shape index (κ3) is 5.58. The number of anilines is 1. The Hall–Kier alpha value is -2.35. The number of nitrogens with zero attached hydrogens (tertiary/aromatic N) is 3. The highest BCUT2D eigenvalue weighted by Crippen LogP contribution is 2.21. The first-order valence-corrected chi connectivity index (χ1v) is 9.13.